The Morgan fingerprint density at radius 3 is 2.53 bits per heavy atom. The highest BCUT2D eigenvalue weighted by atomic mass is 32.2. The Kier molecular flexibility index (Phi) is 5.58. The summed E-state index contributed by atoms with van der Waals surface area (Å²) in [7, 11) is -3.72. The predicted molar refractivity (Wildman–Crippen MR) is 122 cm³/mol. The summed E-state index contributed by atoms with van der Waals surface area (Å²) in [4.78, 5) is 15.8. The van der Waals surface area contributed by atoms with Crippen LogP contribution in [0.4, 0.5) is 11.4 Å². The predicted octanol–water partition coefficient (Wildman–Crippen LogP) is 4.72. The molecule has 0 bridgehead atoms. The van der Waals surface area contributed by atoms with Crippen molar-refractivity contribution in [2.75, 3.05) is 22.4 Å². The number of amides is 1. The number of nitrogens with one attached hydrogen (secondary N) is 1. The van der Waals surface area contributed by atoms with Crippen LogP contribution in [0.25, 0.3) is 0 Å². The maximum absolute atomic E-state index is 12.9. The zero-order chi connectivity index (χ0) is 21.3. The van der Waals surface area contributed by atoms with E-state index in [9.17, 15) is 13.2 Å². The molecule has 0 saturated carbocycles. The molecule has 1 aliphatic rings. The maximum Gasteiger partial charge on any atom is 0.261 e. The first-order valence-corrected chi connectivity index (χ1v) is 12.3. The number of hydrogen-bond donors (Lipinski definition) is 1. The van der Waals surface area contributed by atoms with Gasteiger partial charge >= 0.3 is 0 Å². The second-order valence-electron chi connectivity index (χ2n) is 7.20. The van der Waals surface area contributed by atoms with E-state index in [1.807, 2.05) is 49.6 Å². The van der Waals surface area contributed by atoms with Crippen LogP contribution in [-0.2, 0) is 16.4 Å². The van der Waals surface area contributed by atoms with E-state index in [1.165, 1.54) is 0 Å². The molecule has 154 valence electrons. The third-order valence-electron chi connectivity index (χ3n) is 5.12. The molecule has 30 heavy (non-hydrogen) atoms. The molecular formula is C23H22N2O3S2. The van der Waals surface area contributed by atoms with Gasteiger partial charge in [-0.05, 0) is 73.7 Å². The summed E-state index contributed by atoms with van der Waals surface area (Å²) in [5, 5.41) is 0. The van der Waals surface area contributed by atoms with Gasteiger partial charge in [0.1, 0.15) is 0 Å². The van der Waals surface area contributed by atoms with Crippen molar-refractivity contribution in [1.29, 1.82) is 0 Å². The van der Waals surface area contributed by atoms with Gasteiger partial charge in [-0.2, -0.15) is 0 Å². The number of sulfonamides is 1. The number of fused-ring (bicyclic) bond motifs is 1. The van der Waals surface area contributed by atoms with E-state index in [1.54, 1.807) is 47.0 Å². The Balaban J connectivity index is 1.58. The number of rotatable bonds is 5. The van der Waals surface area contributed by atoms with Gasteiger partial charge in [-0.25, -0.2) is 8.42 Å². The smallest absolute Gasteiger partial charge is 0.261 e. The van der Waals surface area contributed by atoms with Crippen LogP contribution in [0.3, 0.4) is 0 Å². The van der Waals surface area contributed by atoms with Crippen LogP contribution < -0.4 is 9.62 Å². The SMILES string of the molecule is CSc1cccc(NS(=O)(=O)c2ccc3c(c2)CCN3C(=O)c2ccc(C)cc2)c1. The molecule has 0 radical (unpaired) electrons. The minimum atomic E-state index is -3.72. The Morgan fingerprint density at radius 1 is 1.03 bits per heavy atom. The van der Waals surface area contributed by atoms with Crippen molar-refractivity contribution in [2.45, 2.75) is 23.1 Å². The number of nitrogens with zero attached hydrogens (tertiary/aromatic N) is 1. The number of carbonyl (C=O) groups is 1. The van der Waals surface area contributed by atoms with Gasteiger partial charge in [0.2, 0.25) is 0 Å². The van der Waals surface area contributed by atoms with Gasteiger partial charge in [0.05, 0.1) is 4.90 Å². The number of anilines is 2. The van der Waals surface area contributed by atoms with E-state index in [0.29, 0.717) is 24.2 Å². The molecule has 0 aromatic heterocycles. The van der Waals surface area contributed by atoms with E-state index in [0.717, 1.165) is 21.7 Å². The van der Waals surface area contributed by atoms with Crippen LogP contribution in [0.2, 0.25) is 0 Å². The first kappa shape index (κ1) is 20.5. The second kappa shape index (κ2) is 8.16. The van der Waals surface area contributed by atoms with Crippen molar-refractivity contribution in [3.8, 4) is 0 Å². The van der Waals surface area contributed by atoms with Crippen molar-refractivity contribution in [1.82, 2.24) is 0 Å². The lowest BCUT2D eigenvalue weighted by molar-refractivity contribution is 0.0989. The minimum absolute atomic E-state index is 0.0728. The number of aryl methyl sites for hydroxylation is 1. The third kappa shape index (κ3) is 4.08. The number of benzene rings is 3. The highest BCUT2D eigenvalue weighted by molar-refractivity contribution is 7.98. The minimum Gasteiger partial charge on any atom is -0.308 e. The van der Waals surface area contributed by atoms with Crippen LogP contribution in [-0.4, -0.2) is 27.1 Å². The molecule has 1 heterocycles. The van der Waals surface area contributed by atoms with Crippen molar-refractivity contribution in [2.24, 2.45) is 0 Å². The van der Waals surface area contributed by atoms with E-state index in [-0.39, 0.29) is 10.8 Å². The number of hydrogen-bond acceptors (Lipinski definition) is 4. The molecule has 1 amide bonds. The normalized spacial score (nSPS) is 13.2. The Morgan fingerprint density at radius 2 is 1.80 bits per heavy atom. The van der Waals surface area contributed by atoms with Gasteiger partial charge in [-0.15, -0.1) is 11.8 Å². The molecule has 3 aromatic carbocycles. The summed E-state index contributed by atoms with van der Waals surface area (Å²) in [6, 6.07) is 19.7. The fourth-order valence-electron chi connectivity index (χ4n) is 3.51. The molecule has 0 atom stereocenters. The summed E-state index contributed by atoms with van der Waals surface area (Å²) in [5.41, 5.74) is 3.87. The average molecular weight is 439 g/mol. The molecule has 5 nitrogen and oxygen atoms in total. The first-order chi connectivity index (χ1) is 14.4. The van der Waals surface area contributed by atoms with Crippen LogP contribution in [0, 0.1) is 6.92 Å². The first-order valence-electron chi connectivity index (χ1n) is 9.56. The van der Waals surface area contributed by atoms with Crippen molar-refractivity contribution >= 4 is 39.1 Å². The molecule has 0 spiro atoms. The van der Waals surface area contributed by atoms with Crippen LogP contribution >= 0.6 is 11.8 Å². The topological polar surface area (TPSA) is 66.5 Å². The summed E-state index contributed by atoms with van der Waals surface area (Å²) in [5.74, 6) is -0.0728. The molecular weight excluding hydrogens is 416 g/mol. The Hall–Kier alpha value is -2.77. The molecule has 1 N–H and O–H groups in total. The van der Waals surface area contributed by atoms with E-state index < -0.39 is 10.0 Å². The van der Waals surface area contributed by atoms with Gasteiger partial charge in [0.25, 0.3) is 15.9 Å². The van der Waals surface area contributed by atoms with Crippen LogP contribution in [0.1, 0.15) is 21.5 Å². The molecule has 7 heteroatoms. The maximum atomic E-state index is 12.9. The van der Waals surface area contributed by atoms with Crippen LogP contribution in [0.5, 0.6) is 0 Å². The molecule has 1 aliphatic heterocycles. The van der Waals surface area contributed by atoms with E-state index >= 15 is 0 Å². The van der Waals surface area contributed by atoms with Gasteiger partial charge in [0.15, 0.2) is 0 Å². The molecule has 4 rings (SSSR count). The van der Waals surface area contributed by atoms with Gasteiger partial charge in [-0.3, -0.25) is 9.52 Å². The average Bonchev–Trinajstić information content (AvgIpc) is 3.17. The molecule has 0 saturated heterocycles. The molecule has 3 aromatic rings. The summed E-state index contributed by atoms with van der Waals surface area (Å²) >= 11 is 1.55. The highest BCUT2D eigenvalue weighted by Crippen LogP contribution is 2.32. The molecule has 0 fully saturated rings. The van der Waals surface area contributed by atoms with Gasteiger partial charge in [-0.1, -0.05) is 23.8 Å². The lowest BCUT2D eigenvalue weighted by atomic mass is 10.1. The summed E-state index contributed by atoms with van der Waals surface area (Å²) in [6.07, 6.45) is 2.57. The lowest BCUT2D eigenvalue weighted by Crippen LogP contribution is -2.28. The van der Waals surface area contributed by atoms with Crippen molar-refractivity contribution < 1.29 is 13.2 Å². The fourth-order valence-corrected chi connectivity index (χ4v) is 5.07. The molecule has 0 unspecified atom stereocenters. The largest absolute Gasteiger partial charge is 0.308 e. The van der Waals surface area contributed by atoms with E-state index in [2.05, 4.69) is 4.72 Å². The van der Waals surface area contributed by atoms with Crippen LogP contribution in [0.15, 0.2) is 76.5 Å². The Labute approximate surface area is 181 Å². The van der Waals surface area contributed by atoms with Crippen molar-refractivity contribution in [3.05, 3.63) is 83.4 Å². The fraction of sp³-hybridized carbons (Fsp3) is 0.174. The standard InChI is InChI=1S/C23H22N2O3S2/c1-16-6-8-17(9-7-16)23(26)25-13-12-18-14-21(10-11-22(18)25)30(27,28)24-19-4-3-5-20(15-19)29-2/h3-11,14-15,24H,12-13H2,1-2H3. The lowest BCUT2D eigenvalue weighted by Gasteiger charge is -2.18. The summed E-state index contributed by atoms with van der Waals surface area (Å²) < 4.78 is 28.4. The summed E-state index contributed by atoms with van der Waals surface area (Å²) in [6.45, 7) is 2.52. The Bertz CT molecular complexity index is 1210. The van der Waals surface area contributed by atoms with Gasteiger partial charge < -0.3 is 4.90 Å². The monoisotopic (exact) mass is 438 g/mol. The number of carbonyl (C=O) groups excluding carboxylic acids is 1. The zero-order valence-electron chi connectivity index (χ0n) is 16.8. The second-order valence-corrected chi connectivity index (χ2v) is 9.76. The highest BCUT2D eigenvalue weighted by Gasteiger charge is 2.27. The molecule has 0 aliphatic carbocycles. The van der Waals surface area contributed by atoms with Gasteiger partial charge in [0, 0.05) is 28.4 Å². The zero-order valence-corrected chi connectivity index (χ0v) is 18.4. The van der Waals surface area contributed by atoms with Crippen molar-refractivity contribution in [3.63, 3.8) is 0 Å². The third-order valence-corrected chi connectivity index (χ3v) is 7.23. The van der Waals surface area contributed by atoms with E-state index in [4.69, 9.17) is 0 Å². The quantitative estimate of drug-likeness (QED) is 0.586. The number of thioether (sulfide) groups is 1.